The Morgan fingerprint density at radius 2 is 2.07 bits per heavy atom. The standard InChI is InChI=1S/C13H13NO/c1-14-10-6-3-2-5-9(10)13-11(14)7-4-8-12(13)15/h2-3,5-6,8,15H,4,7H2,1H3. The van der Waals surface area contributed by atoms with Crippen molar-refractivity contribution in [3.05, 3.63) is 41.6 Å². The number of aryl methyl sites for hydroxylation is 1. The van der Waals surface area contributed by atoms with Gasteiger partial charge in [-0.2, -0.15) is 0 Å². The van der Waals surface area contributed by atoms with Gasteiger partial charge in [0.15, 0.2) is 0 Å². The average Bonchev–Trinajstić information content (AvgIpc) is 2.55. The molecule has 1 aromatic heterocycles. The van der Waals surface area contributed by atoms with Gasteiger partial charge in [0.1, 0.15) is 5.76 Å². The number of benzene rings is 1. The Labute approximate surface area is 88.5 Å². The van der Waals surface area contributed by atoms with Crippen molar-refractivity contribution in [2.75, 3.05) is 0 Å². The first-order chi connectivity index (χ1) is 7.29. The van der Waals surface area contributed by atoms with Crippen LogP contribution in [0.1, 0.15) is 17.7 Å². The molecule has 0 amide bonds. The topological polar surface area (TPSA) is 25.2 Å². The van der Waals surface area contributed by atoms with Crippen LogP contribution in [0.25, 0.3) is 16.7 Å². The molecule has 0 bridgehead atoms. The normalized spacial score (nSPS) is 15.1. The molecular weight excluding hydrogens is 186 g/mol. The Hall–Kier alpha value is -1.70. The molecule has 0 radical (unpaired) electrons. The summed E-state index contributed by atoms with van der Waals surface area (Å²) >= 11 is 0. The van der Waals surface area contributed by atoms with Crippen molar-refractivity contribution >= 4 is 16.7 Å². The zero-order valence-corrected chi connectivity index (χ0v) is 8.70. The highest BCUT2D eigenvalue weighted by Gasteiger charge is 2.19. The van der Waals surface area contributed by atoms with Gasteiger partial charge >= 0.3 is 0 Å². The molecule has 2 aromatic rings. The third kappa shape index (κ3) is 1.05. The molecule has 1 N–H and O–H groups in total. The van der Waals surface area contributed by atoms with E-state index in [1.54, 1.807) is 0 Å². The van der Waals surface area contributed by atoms with Gasteiger partial charge in [0.25, 0.3) is 0 Å². The van der Waals surface area contributed by atoms with E-state index >= 15 is 0 Å². The monoisotopic (exact) mass is 199 g/mol. The number of nitrogens with zero attached hydrogens (tertiary/aromatic N) is 1. The average molecular weight is 199 g/mol. The maximum Gasteiger partial charge on any atom is 0.121 e. The molecular formula is C13H13NO. The fraction of sp³-hybridized carbons (Fsp3) is 0.231. The lowest BCUT2D eigenvalue weighted by Crippen LogP contribution is -2.02. The second kappa shape index (κ2) is 2.89. The number of hydrogen-bond acceptors (Lipinski definition) is 1. The number of aliphatic hydroxyl groups is 1. The van der Waals surface area contributed by atoms with E-state index in [0.29, 0.717) is 5.76 Å². The van der Waals surface area contributed by atoms with Crippen molar-refractivity contribution in [3.63, 3.8) is 0 Å². The van der Waals surface area contributed by atoms with Crippen molar-refractivity contribution in [1.29, 1.82) is 0 Å². The number of aromatic nitrogens is 1. The van der Waals surface area contributed by atoms with E-state index in [0.717, 1.165) is 23.8 Å². The molecule has 0 atom stereocenters. The van der Waals surface area contributed by atoms with Crippen LogP contribution in [0.3, 0.4) is 0 Å². The summed E-state index contributed by atoms with van der Waals surface area (Å²) in [4.78, 5) is 0. The molecule has 0 saturated heterocycles. The maximum atomic E-state index is 9.92. The van der Waals surface area contributed by atoms with Crippen LogP contribution in [0.15, 0.2) is 30.3 Å². The molecule has 2 heteroatoms. The molecule has 2 nitrogen and oxygen atoms in total. The Morgan fingerprint density at radius 1 is 1.27 bits per heavy atom. The van der Waals surface area contributed by atoms with Gasteiger partial charge in [0.05, 0.1) is 0 Å². The van der Waals surface area contributed by atoms with Crippen LogP contribution >= 0.6 is 0 Å². The molecule has 3 rings (SSSR count). The smallest absolute Gasteiger partial charge is 0.121 e. The lowest BCUT2D eigenvalue weighted by molar-refractivity contribution is 0.504. The van der Waals surface area contributed by atoms with E-state index < -0.39 is 0 Å². The summed E-state index contributed by atoms with van der Waals surface area (Å²) in [5, 5.41) is 11.1. The minimum absolute atomic E-state index is 0.438. The molecule has 15 heavy (non-hydrogen) atoms. The number of allylic oxidation sites excluding steroid dienone is 1. The van der Waals surface area contributed by atoms with E-state index in [-0.39, 0.29) is 0 Å². The van der Waals surface area contributed by atoms with Crippen LogP contribution in [-0.2, 0) is 13.5 Å². The lowest BCUT2D eigenvalue weighted by atomic mass is 10.0. The summed E-state index contributed by atoms with van der Waals surface area (Å²) in [5.41, 5.74) is 3.47. The van der Waals surface area contributed by atoms with Crippen LogP contribution in [0, 0.1) is 0 Å². The maximum absolute atomic E-state index is 9.92. The largest absolute Gasteiger partial charge is 0.508 e. The third-order valence-corrected chi connectivity index (χ3v) is 3.20. The first kappa shape index (κ1) is 8.60. The fourth-order valence-corrected chi connectivity index (χ4v) is 2.47. The number of hydrogen-bond donors (Lipinski definition) is 1. The molecule has 0 fully saturated rings. The molecule has 1 aromatic carbocycles. The molecule has 1 aliphatic rings. The van der Waals surface area contributed by atoms with Gasteiger partial charge in [-0.1, -0.05) is 18.2 Å². The van der Waals surface area contributed by atoms with Gasteiger partial charge in [0, 0.05) is 29.2 Å². The zero-order chi connectivity index (χ0) is 10.4. The number of fused-ring (bicyclic) bond motifs is 3. The summed E-state index contributed by atoms with van der Waals surface area (Å²) in [5.74, 6) is 0.438. The van der Waals surface area contributed by atoms with Gasteiger partial charge in [-0.25, -0.2) is 0 Å². The molecule has 76 valence electrons. The first-order valence-corrected chi connectivity index (χ1v) is 5.25. The van der Waals surface area contributed by atoms with Crippen molar-refractivity contribution in [3.8, 4) is 0 Å². The Balaban J connectivity index is 2.48. The van der Waals surface area contributed by atoms with E-state index in [9.17, 15) is 5.11 Å². The molecule has 1 aliphatic carbocycles. The fourth-order valence-electron chi connectivity index (χ4n) is 2.47. The summed E-state index contributed by atoms with van der Waals surface area (Å²) < 4.78 is 2.19. The highest BCUT2D eigenvalue weighted by Crippen LogP contribution is 2.33. The van der Waals surface area contributed by atoms with Crippen LogP contribution in [-0.4, -0.2) is 9.67 Å². The van der Waals surface area contributed by atoms with Crippen LogP contribution in [0.5, 0.6) is 0 Å². The van der Waals surface area contributed by atoms with Gasteiger partial charge in [0.2, 0.25) is 0 Å². The minimum atomic E-state index is 0.438. The van der Waals surface area contributed by atoms with Crippen LogP contribution in [0.4, 0.5) is 0 Å². The highest BCUT2D eigenvalue weighted by molar-refractivity contribution is 5.93. The van der Waals surface area contributed by atoms with Gasteiger partial charge in [-0.15, -0.1) is 0 Å². The highest BCUT2D eigenvalue weighted by atomic mass is 16.3. The third-order valence-electron chi connectivity index (χ3n) is 3.20. The van der Waals surface area contributed by atoms with E-state index in [1.165, 1.54) is 11.2 Å². The van der Waals surface area contributed by atoms with Gasteiger partial charge in [-0.05, 0) is 25.0 Å². The quantitative estimate of drug-likeness (QED) is 0.693. The molecule has 0 unspecified atom stereocenters. The van der Waals surface area contributed by atoms with Crippen molar-refractivity contribution in [1.82, 2.24) is 4.57 Å². The number of para-hydroxylation sites is 1. The van der Waals surface area contributed by atoms with Crippen molar-refractivity contribution < 1.29 is 5.11 Å². The van der Waals surface area contributed by atoms with Gasteiger partial charge < -0.3 is 9.67 Å². The predicted molar refractivity (Wildman–Crippen MR) is 61.8 cm³/mol. The Kier molecular flexibility index (Phi) is 1.66. The molecule has 0 spiro atoms. The molecule has 0 aliphatic heterocycles. The summed E-state index contributed by atoms with van der Waals surface area (Å²) in [6.07, 6.45) is 3.86. The predicted octanol–water partition coefficient (Wildman–Crippen LogP) is 3.02. The summed E-state index contributed by atoms with van der Waals surface area (Å²) in [6, 6.07) is 8.23. The minimum Gasteiger partial charge on any atom is -0.508 e. The van der Waals surface area contributed by atoms with Gasteiger partial charge in [-0.3, -0.25) is 0 Å². The second-order valence-electron chi connectivity index (χ2n) is 4.03. The number of aliphatic hydroxyl groups excluding tert-OH is 1. The summed E-state index contributed by atoms with van der Waals surface area (Å²) in [7, 11) is 2.07. The van der Waals surface area contributed by atoms with Crippen LogP contribution in [0.2, 0.25) is 0 Å². The first-order valence-electron chi connectivity index (χ1n) is 5.25. The van der Waals surface area contributed by atoms with Crippen LogP contribution < -0.4 is 0 Å². The second-order valence-corrected chi connectivity index (χ2v) is 4.03. The lowest BCUT2D eigenvalue weighted by Gasteiger charge is -2.11. The van der Waals surface area contributed by atoms with E-state index in [4.69, 9.17) is 0 Å². The van der Waals surface area contributed by atoms with E-state index in [1.807, 2.05) is 18.2 Å². The SMILES string of the molecule is Cn1c2c(c3ccccc31)C(O)=CCC2. The van der Waals surface area contributed by atoms with E-state index in [2.05, 4.69) is 23.7 Å². The Morgan fingerprint density at radius 3 is 2.93 bits per heavy atom. The Bertz CT molecular complexity index is 563. The number of rotatable bonds is 0. The molecule has 0 saturated carbocycles. The molecule has 1 heterocycles. The zero-order valence-electron chi connectivity index (χ0n) is 8.70. The summed E-state index contributed by atoms with van der Waals surface area (Å²) in [6.45, 7) is 0. The van der Waals surface area contributed by atoms with Crippen molar-refractivity contribution in [2.24, 2.45) is 7.05 Å². The van der Waals surface area contributed by atoms with Crippen molar-refractivity contribution in [2.45, 2.75) is 12.8 Å².